The van der Waals surface area contributed by atoms with Crippen molar-refractivity contribution in [1.29, 1.82) is 0 Å². The van der Waals surface area contributed by atoms with Crippen molar-refractivity contribution in [3.63, 3.8) is 0 Å². The molecule has 0 saturated carbocycles. The molecule has 0 saturated heterocycles. The highest BCUT2D eigenvalue weighted by Crippen LogP contribution is 2.24. The number of benzene rings is 2. The molecule has 4 nitrogen and oxygen atoms in total. The summed E-state index contributed by atoms with van der Waals surface area (Å²) in [4.78, 5) is 25.2. The third kappa shape index (κ3) is 6.19. The number of carbonyl (C=O) groups excluding carboxylic acids is 2. The quantitative estimate of drug-likeness (QED) is 0.450. The van der Waals surface area contributed by atoms with Crippen molar-refractivity contribution in [3.05, 3.63) is 70.8 Å². The van der Waals surface area contributed by atoms with Crippen LogP contribution in [-0.4, -0.2) is 24.1 Å². The molecule has 2 aromatic rings. The van der Waals surface area contributed by atoms with Gasteiger partial charge in [0.1, 0.15) is 12.2 Å². The molecule has 0 radical (unpaired) electrons. The van der Waals surface area contributed by atoms with Gasteiger partial charge in [0.2, 0.25) is 0 Å². The Morgan fingerprint density at radius 1 is 0.700 bits per heavy atom. The van der Waals surface area contributed by atoms with Crippen LogP contribution in [0.1, 0.15) is 79.3 Å². The molecule has 0 spiro atoms. The molecule has 0 N–H and O–H groups in total. The van der Waals surface area contributed by atoms with Crippen molar-refractivity contribution in [2.24, 2.45) is 5.92 Å². The Balaban J connectivity index is 2.04. The maximum absolute atomic E-state index is 12.6. The summed E-state index contributed by atoms with van der Waals surface area (Å²) in [5.41, 5.74) is 3.43. The standard InChI is InChI=1S/C26H34O4/c1-6-19-10-14-21(15-11-19)25(27)29-18(5)23(8-3)24(9-4)30-26(28)22-16-12-20(7-2)13-17-22/h10-18,23-24H,6-9H2,1-5H3. The minimum atomic E-state index is -0.367. The van der Waals surface area contributed by atoms with E-state index in [2.05, 4.69) is 13.8 Å². The molecule has 0 aromatic heterocycles. The van der Waals surface area contributed by atoms with Gasteiger partial charge in [0.25, 0.3) is 0 Å². The second-order valence-electron chi connectivity index (χ2n) is 7.64. The SMILES string of the molecule is CCc1ccc(C(=O)OC(C)C(CC)C(CC)OC(=O)c2ccc(CC)cc2)cc1. The molecule has 0 fully saturated rings. The lowest BCUT2D eigenvalue weighted by molar-refractivity contribution is -0.0298. The van der Waals surface area contributed by atoms with Crippen molar-refractivity contribution < 1.29 is 19.1 Å². The van der Waals surface area contributed by atoms with E-state index in [1.54, 1.807) is 24.3 Å². The van der Waals surface area contributed by atoms with Crippen LogP contribution in [0.2, 0.25) is 0 Å². The molecule has 3 unspecified atom stereocenters. The normalized spacial score (nSPS) is 13.9. The van der Waals surface area contributed by atoms with E-state index in [0.29, 0.717) is 17.5 Å². The average Bonchev–Trinajstić information content (AvgIpc) is 2.78. The molecule has 162 valence electrons. The summed E-state index contributed by atoms with van der Waals surface area (Å²) in [6.07, 6.45) is 2.56. The van der Waals surface area contributed by atoms with E-state index in [1.807, 2.05) is 45.0 Å². The minimum absolute atomic E-state index is 0.0762. The summed E-state index contributed by atoms with van der Waals surface area (Å²) in [7, 11) is 0. The fourth-order valence-electron chi connectivity index (χ4n) is 3.65. The number of esters is 2. The molecule has 30 heavy (non-hydrogen) atoms. The van der Waals surface area contributed by atoms with Gasteiger partial charge in [-0.05, 0) is 68.0 Å². The predicted molar refractivity (Wildman–Crippen MR) is 120 cm³/mol. The van der Waals surface area contributed by atoms with Crippen molar-refractivity contribution in [2.75, 3.05) is 0 Å². The smallest absolute Gasteiger partial charge is 0.338 e. The lowest BCUT2D eigenvalue weighted by Gasteiger charge is -2.30. The maximum atomic E-state index is 12.6. The second-order valence-corrected chi connectivity index (χ2v) is 7.64. The monoisotopic (exact) mass is 410 g/mol. The number of hydrogen-bond acceptors (Lipinski definition) is 4. The van der Waals surface area contributed by atoms with E-state index in [1.165, 1.54) is 11.1 Å². The third-order valence-electron chi connectivity index (χ3n) is 5.70. The van der Waals surface area contributed by atoms with Crippen LogP contribution >= 0.6 is 0 Å². The first-order valence-corrected chi connectivity index (χ1v) is 11.0. The molecule has 0 aliphatic carbocycles. The van der Waals surface area contributed by atoms with Crippen LogP contribution in [0, 0.1) is 5.92 Å². The highest BCUT2D eigenvalue weighted by molar-refractivity contribution is 5.90. The van der Waals surface area contributed by atoms with Crippen molar-refractivity contribution in [1.82, 2.24) is 0 Å². The molecule has 0 aliphatic heterocycles. The summed E-state index contributed by atoms with van der Waals surface area (Å²) in [6, 6.07) is 15.0. The Hall–Kier alpha value is -2.62. The molecule has 0 heterocycles. The number of hydrogen-bond donors (Lipinski definition) is 0. The van der Waals surface area contributed by atoms with Crippen LogP contribution in [0.3, 0.4) is 0 Å². The van der Waals surface area contributed by atoms with E-state index >= 15 is 0 Å². The van der Waals surface area contributed by atoms with Gasteiger partial charge in [0.15, 0.2) is 0 Å². The largest absolute Gasteiger partial charge is 0.459 e. The number of ether oxygens (including phenoxy) is 2. The molecule has 0 bridgehead atoms. The summed E-state index contributed by atoms with van der Waals surface area (Å²) in [6.45, 7) is 10.0. The van der Waals surface area contributed by atoms with Gasteiger partial charge >= 0.3 is 11.9 Å². The highest BCUT2D eigenvalue weighted by atomic mass is 16.6. The lowest BCUT2D eigenvalue weighted by Crippen LogP contribution is -2.36. The zero-order chi connectivity index (χ0) is 22.1. The van der Waals surface area contributed by atoms with Gasteiger partial charge in [-0.15, -0.1) is 0 Å². The van der Waals surface area contributed by atoms with Crippen LogP contribution < -0.4 is 0 Å². The van der Waals surface area contributed by atoms with Gasteiger partial charge < -0.3 is 9.47 Å². The van der Waals surface area contributed by atoms with Gasteiger partial charge in [-0.25, -0.2) is 9.59 Å². The predicted octanol–water partition coefficient (Wildman–Crippen LogP) is 6.02. The molecular formula is C26H34O4. The van der Waals surface area contributed by atoms with Crippen LogP contribution in [0.5, 0.6) is 0 Å². The van der Waals surface area contributed by atoms with Gasteiger partial charge in [-0.3, -0.25) is 0 Å². The summed E-state index contributed by atoms with van der Waals surface area (Å²) in [5, 5.41) is 0. The molecule has 0 aliphatic rings. The average molecular weight is 411 g/mol. The maximum Gasteiger partial charge on any atom is 0.338 e. The van der Waals surface area contributed by atoms with Crippen LogP contribution in [0.25, 0.3) is 0 Å². The van der Waals surface area contributed by atoms with E-state index in [0.717, 1.165) is 19.3 Å². The van der Waals surface area contributed by atoms with Gasteiger partial charge in [0, 0.05) is 5.92 Å². The van der Waals surface area contributed by atoms with E-state index < -0.39 is 0 Å². The molecule has 0 amide bonds. The van der Waals surface area contributed by atoms with Crippen LogP contribution in [-0.2, 0) is 22.3 Å². The molecular weight excluding hydrogens is 376 g/mol. The van der Waals surface area contributed by atoms with Crippen molar-refractivity contribution in [3.8, 4) is 0 Å². The minimum Gasteiger partial charge on any atom is -0.459 e. The second kappa shape index (κ2) is 11.5. The Morgan fingerprint density at radius 3 is 1.50 bits per heavy atom. The first-order valence-electron chi connectivity index (χ1n) is 11.0. The Bertz CT molecular complexity index is 808. The Labute approximate surface area is 180 Å². The van der Waals surface area contributed by atoms with Crippen LogP contribution in [0.4, 0.5) is 0 Å². The summed E-state index contributed by atoms with van der Waals surface area (Å²) < 4.78 is 11.6. The van der Waals surface area contributed by atoms with Crippen molar-refractivity contribution >= 4 is 11.9 Å². The van der Waals surface area contributed by atoms with Crippen molar-refractivity contribution in [2.45, 2.75) is 72.5 Å². The Kier molecular flexibility index (Phi) is 9.10. The number of carbonyl (C=O) groups is 2. The first-order chi connectivity index (χ1) is 14.4. The highest BCUT2D eigenvalue weighted by Gasteiger charge is 2.30. The third-order valence-corrected chi connectivity index (χ3v) is 5.70. The fourth-order valence-corrected chi connectivity index (χ4v) is 3.65. The first kappa shape index (κ1) is 23.7. The van der Waals surface area contributed by atoms with Gasteiger partial charge in [-0.2, -0.15) is 0 Å². The van der Waals surface area contributed by atoms with E-state index in [-0.39, 0.29) is 30.1 Å². The molecule has 2 aromatic carbocycles. The number of aryl methyl sites for hydroxylation is 2. The van der Waals surface area contributed by atoms with Gasteiger partial charge in [-0.1, -0.05) is 52.0 Å². The lowest BCUT2D eigenvalue weighted by atomic mass is 9.92. The number of rotatable bonds is 10. The van der Waals surface area contributed by atoms with E-state index in [4.69, 9.17) is 9.47 Å². The molecule has 4 heteroatoms. The zero-order valence-electron chi connectivity index (χ0n) is 18.8. The fraction of sp³-hybridized carbons (Fsp3) is 0.462. The topological polar surface area (TPSA) is 52.6 Å². The van der Waals surface area contributed by atoms with Crippen LogP contribution in [0.15, 0.2) is 48.5 Å². The van der Waals surface area contributed by atoms with Gasteiger partial charge in [0.05, 0.1) is 11.1 Å². The summed E-state index contributed by atoms with van der Waals surface area (Å²) in [5.74, 6) is -0.760. The Morgan fingerprint density at radius 2 is 1.13 bits per heavy atom. The zero-order valence-corrected chi connectivity index (χ0v) is 18.8. The van der Waals surface area contributed by atoms with E-state index in [9.17, 15) is 9.59 Å². The summed E-state index contributed by atoms with van der Waals surface area (Å²) >= 11 is 0. The molecule has 3 atom stereocenters. The molecule has 2 rings (SSSR count).